The molecule has 1 aromatic rings. The van der Waals surface area contributed by atoms with Crippen molar-refractivity contribution >= 4 is 11.3 Å². The highest BCUT2D eigenvalue weighted by molar-refractivity contribution is 7.10. The lowest BCUT2D eigenvalue weighted by Crippen LogP contribution is -2.85. The fraction of sp³-hybridized carbons (Fsp3) is 0.800. The molecule has 0 spiro atoms. The van der Waals surface area contributed by atoms with Crippen LogP contribution in [0.4, 0.5) is 0 Å². The third kappa shape index (κ3) is 5.88. The molecular weight excluding hydrogens is 302 g/mol. The smallest absolute Gasteiger partial charge is 0.118 e. The maximum absolute atomic E-state index is 6.01. The monoisotopic (exact) mass is 338 g/mol. The zero-order chi connectivity index (χ0) is 16.9. The largest absolute Gasteiger partial charge is 0.376 e. The summed E-state index contributed by atoms with van der Waals surface area (Å²) >= 11 is 1.88. The molecule has 0 unspecified atom stereocenters. The second-order valence-electron chi connectivity index (χ2n) is 8.55. The van der Waals surface area contributed by atoms with E-state index in [2.05, 4.69) is 57.4 Å². The van der Waals surface area contributed by atoms with Crippen molar-refractivity contribution in [3.63, 3.8) is 0 Å². The third-order valence-corrected chi connectivity index (χ3v) is 6.44. The number of hydrogen-bond donors (Lipinski definition) is 1. The maximum Gasteiger partial charge on any atom is 0.118 e. The molecule has 1 aromatic heterocycles. The lowest BCUT2D eigenvalue weighted by atomic mass is 9.68. The van der Waals surface area contributed by atoms with E-state index in [-0.39, 0.29) is 5.60 Å². The average Bonchev–Trinajstić information content (AvgIpc) is 2.98. The third-order valence-electron chi connectivity index (χ3n) is 5.36. The van der Waals surface area contributed by atoms with Gasteiger partial charge in [-0.05, 0) is 62.8 Å². The quantitative estimate of drug-likeness (QED) is 0.725. The molecule has 1 aliphatic rings. The number of nitrogens with two attached hydrogens (primary N) is 1. The molecule has 132 valence electrons. The molecule has 0 radical (unpaired) electrons. The Kier molecular flexibility index (Phi) is 6.70. The molecule has 1 aliphatic heterocycles. The summed E-state index contributed by atoms with van der Waals surface area (Å²) in [5, 5.41) is 4.72. The number of rotatable bonds is 8. The first-order valence-electron chi connectivity index (χ1n) is 9.33. The molecule has 1 fully saturated rings. The van der Waals surface area contributed by atoms with Crippen LogP contribution in [0.5, 0.6) is 0 Å². The summed E-state index contributed by atoms with van der Waals surface area (Å²) in [5.74, 6) is 0.798. The van der Waals surface area contributed by atoms with Crippen LogP contribution in [0.15, 0.2) is 17.5 Å². The predicted molar refractivity (Wildman–Crippen MR) is 99.9 cm³/mol. The number of ether oxygens (including phenoxy) is 1. The molecule has 1 saturated heterocycles. The maximum atomic E-state index is 6.01. The molecule has 23 heavy (non-hydrogen) atoms. The van der Waals surface area contributed by atoms with Crippen molar-refractivity contribution < 1.29 is 10.1 Å². The van der Waals surface area contributed by atoms with Gasteiger partial charge in [0.15, 0.2) is 0 Å². The van der Waals surface area contributed by atoms with Gasteiger partial charge in [-0.3, -0.25) is 0 Å². The lowest BCUT2D eigenvalue weighted by molar-refractivity contribution is -0.693. The van der Waals surface area contributed by atoms with Gasteiger partial charge in [0.05, 0.1) is 17.0 Å². The standard InChI is InChI=1S/C20H35NOS/c1-16(2)8-9-20(11-13-22-19(4,5)15-20)10-12-21-17(3)18-7-6-14-23-18/h6-7,14,16-17,21H,8-13,15H2,1-5H3/p+1/t17-,20+/m0/s1. The molecular formula is C20H36NOS+. The first-order valence-corrected chi connectivity index (χ1v) is 10.2. The SMILES string of the molecule is CC(C)CC[C@@]1(CC[NH2+][C@@H](C)c2cccs2)CCOC(C)(C)C1. The van der Waals surface area contributed by atoms with Crippen LogP contribution in [0.1, 0.15) is 77.6 Å². The highest BCUT2D eigenvalue weighted by Gasteiger charge is 2.40. The number of thiophene rings is 1. The Morgan fingerprint density at radius 1 is 1.26 bits per heavy atom. The van der Waals surface area contributed by atoms with Crippen molar-refractivity contribution in [1.82, 2.24) is 0 Å². The minimum atomic E-state index is 0.0502. The van der Waals surface area contributed by atoms with E-state index in [4.69, 9.17) is 4.74 Å². The Morgan fingerprint density at radius 3 is 2.65 bits per heavy atom. The van der Waals surface area contributed by atoms with Gasteiger partial charge in [0, 0.05) is 13.0 Å². The summed E-state index contributed by atoms with van der Waals surface area (Å²) in [6.45, 7) is 13.7. The molecule has 2 nitrogen and oxygen atoms in total. The van der Waals surface area contributed by atoms with Gasteiger partial charge in [-0.25, -0.2) is 0 Å². The summed E-state index contributed by atoms with van der Waals surface area (Å²) < 4.78 is 6.01. The van der Waals surface area contributed by atoms with Crippen molar-refractivity contribution in [2.45, 2.75) is 78.4 Å². The molecule has 2 rings (SSSR count). The van der Waals surface area contributed by atoms with E-state index in [1.807, 2.05) is 11.3 Å². The molecule has 0 aromatic carbocycles. The Morgan fingerprint density at radius 2 is 2.04 bits per heavy atom. The van der Waals surface area contributed by atoms with Gasteiger partial charge in [0.2, 0.25) is 0 Å². The minimum Gasteiger partial charge on any atom is -0.376 e. The van der Waals surface area contributed by atoms with Crippen LogP contribution < -0.4 is 5.32 Å². The van der Waals surface area contributed by atoms with Crippen LogP contribution in [-0.2, 0) is 4.74 Å². The van der Waals surface area contributed by atoms with E-state index in [9.17, 15) is 0 Å². The summed E-state index contributed by atoms with van der Waals surface area (Å²) in [5.41, 5.74) is 0.534. The topological polar surface area (TPSA) is 25.8 Å². The van der Waals surface area contributed by atoms with Crippen molar-refractivity contribution in [2.24, 2.45) is 11.3 Å². The normalized spacial score (nSPS) is 25.7. The molecule has 0 aliphatic carbocycles. The van der Waals surface area contributed by atoms with Crippen LogP contribution in [-0.4, -0.2) is 18.8 Å². The fourth-order valence-electron chi connectivity index (χ4n) is 4.04. The van der Waals surface area contributed by atoms with Crippen LogP contribution in [0.2, 0.25) is 0 Å². The Labute approximate surface area is 147 Å². The van der Waals surface area contributed by atoms with Crippen molar-refractivity contribution in [2.75, 3.05) is 13.2 Å². The van der Waals surface area contributed by atoms with Gasteiger partial charge < -0.3 is 10.1 Å². The summed E-state index contributed by atoms with van der Waals surface area (Å²) in [6.07, 6.45) is 6.48. The van der Waals surface area contributed by atoms with Crippen LogP contribution in [0, 0.1) is 11.3 Å². The van der Waals surface area contributed by atoms with E-state index >= 15 is 0 Å². The van der Waals surface area contributed by atoms with Gasteiger partial charge in [-0.15, -0.1) is 11.3 Å². The molecule has 0 bridgehead atoms. The Bertz CT molecular complexity index is 454. The average molecular weight is 339 g/mol. The Hall–Kier alpha value is -0.380. The van der Waals surface area contributed by atoms with E-state index in [1.54, 1.807) is 0 Å². The molecule has 2 heterocycles. The van der Waals surface area contributed by atoms with E-state index in [0.717, 1.165) is 12.5 Å². The molecule has 2 atom stereocenters. The molecule has 0 amide bonds. The molecule has 3 heteroatoms. The van der Waals surface area contributed by atoms with Gasteiger partial charge in [0.1, 0.15) is 6.04 Å². The van der Waals surface area contributed by atoms with Gasteiger partial charge in [-0.2, -0.15) is 0 Å². The molecule has 0 saturated carbocycles. The second-order valence-corrected chi connectivity index (χ2v) is 9.53. The number of hydrogen-bond acceptors (Lipinski definition) is 2. The first-order chi connectivity index (χ1) is 10.8. The van der Waals surface area contributed by atoms with Crippen molar-refractivity contribution in [3.8, 4) is 0 Å². The van der Waals surface area contributed by atoms with Crippen molar-refractivity contribution in [1.29, 1.82) is 0 Å². The number of quaternary nitrogens is 1. The highest BCUT2D eigenvalue weighted by atomic mass is 32.1. The van der Waals surface area contributed by atoms with Crippen molar-refractivity contribution in [3.05, 3.63) is 22.4 Å². The van der Waals surface area contributed by atoms with Crippen LogP contribution in [0.25, 0.3) is 0 Å². The summed E-state index contributed by atoms with van der Waals surface area (Å²) in [6, 6.07) is 5.01. The van der Waals surface area contributed by atoms with Gasteiger partial charge >= 0.3 is 0 Å². The lowest BCUT2D eigenvalue weighted by Gasteiger charge is -2.45. The highest BCUT2D eigenvalue weighted by Crippen LogP contribution is 2.45. The fourth-order valence-corrected chi connectivity index (χ4v) is 4.82. The zero-order valence-corrected chi connectivity index (χ0v) is 16.5. The van der Waals surface area contributed by atoms with Crippen LogP contribution >= 0.6 is 11.3 Å². The first kappa shape index (κ1) is 19.0. The minimum absolute atomic E-state index is 0.0502. The molecule has 2 N–H and O–H groups in total. The van der Waals surface area contributed by atoms with E-state index < -0.39 is 0 Å². The predicted octanol–water partition coefficient (Wildman–Crippen LogP) is 4.77. The van der Waals surface area contributed by atoms with Crippen LogP contribution in [0.3, 0.4) is 0 Å². The van der Waals surface area contributed by atoms with Gasteiger partial charge in [-0.1, -0.05) is 26.3 Å². The second kappa shape index (κ2) is 8.13. The summed E-state index contributed by atoms with van der Waals surface area (Å²) in [7, 11) is 0. The Balaban J connectivity index is 1.91. The van der Waals surface area contributed by atoms with Gasteiger partial charge in [0.25, 0.3) is 0 Å². The zero-order valence-electron chi connectivity index (χ0n) is 15.7. The van der Waals surface area contributed by atoms with E-state index in [1.165, 1.54) is 43.5 Å². The van der Waals surface area contributed by atoms with E-state index in [0.29, 0.717) is 11.5 Å². The summed E-state index contributed by atoms with van der Waals surface area (Å²) in [4.78, 5) is 1.49.